The summed E-state index contributed by atoms with van der Waals surface area (Å²) < 4.78 is 154. The van der Waals surface area contributed by atoms with Crippen LogP contribution in [0.15, 0.2) is 66.6 Å². The number of alkyl halides is 3. The van der Waals surface area contributed by atoms with Crippen LogP contribution in [0.3, 0.4) is 0 Å². The van der Waals surface area contributed by atoms with Gasteiger partial charge in [0.1, 0.15) is 0 Å². The SMILES string of the molecule is [2H]c1c([2H])c([2H])c2c([C@H](NC([2H])([2H])C([2H])([2H])Cc3cccc(C(F)(F)F)c3)C([2H])([2H])[2H])c([2H])c([2H])c([2H])c2c1[2H]. The first kappa shape index (κ1) is 7.73. The summed E-state index contributed by atoms with van der Waals surface area (Å²) in [5.41, 5.74) is -2.13. The zero-order valence-electron chi connectivity index (χ0n) is 27.2. The molecular weight excluding hydrogens is 335 g/mol. The molecule has 0 aliphatic rings. The molecule has 0 aliphatic heterocycles. The first-order valence-electron chi connectivity index (χ1n) is 14.5. The van der Waals surface area contributed by atoms with Crippen molar-refractivity contribution in [2.45, 2.75) is 31.9 Å². The summed E-state index contributed by atoms with van der Waals surface area (Å²) in [5, 5.41) is 0.769. The second-order valence-electron chi connectivity index (χ2n) is 5.29. The summed E-state index contributed by atoms with van der Waals surface area (Å²) in [6.45, 7) is -6.61. The molecule has 26 heavy (non-hydrogen) atoms. The van der Waals surface area contributed by atoms with Crippen molar-refractivity contribution in [1.29, 1.82) is 0 Å². The normalized spacial score (nSPS) is 22.4. The number of nitrogens with one attached hydrogen (secondary N) is 1. The van der Waals surface area contributed by atoms with E-state index in [0.29, 0.717) is 6.07 Å². The number of aryl methyl sites for hydroxylation is 1. The van der Waals surface area contributed by atoms with Crippen molar-refractivity contribution in [3.63, 3.8) is 0 Å². The molecule has 0 saturated heterocycles. The molecular formula is C22H22F3N. The standard InChI is InChI=1S/C22H22F3N/c1-16(20-13-5-10-18-9-2-3-12-21(18)20)26-14-6-8-17-7-4-11-19(15-17)22(23,24)25/h2-5,7,9-13,15-16,26H,6,8,14H2,1H3/t16-/m1/s1/i1D3,2D,3D,5D,6D2,9D,10D,12D,13D,14D2. The summed E-state index contributed by atoms with van der Waals surface area (Å²) in [7, 11) is 0. The maximum Gasteiger partial charge on any atom is 0.416 e. The van der Waals surface area contributed by atoms with Gasteiger partial charge < -0.3 is 5.32 Å². The number of benzene rings is 3. The lowest BCUT2D eigenvalue weighted by Gasteiger charge is -2.17. The third kappa shape index (κ3) is 4.44. The topological polar surface area (TPSA) is 12.0 Å². The zero-order valence-corrected chi connectivity index (χ0v) is 13.2. The van der Waals surface area contributed by atoms with Crippen molar-refractivity contribution < 1.29 is 32.4 Å². The largest absolute Gasteiger partial charge is 0.416 e. The highest BCUT2D eigenvalue weighted by atomic mass is 19.4. The van der Waals surface area contributed by atoms with Crippen molar-refractivity contribution in [2.75, 3.05) is 6.50 Å². The van der Waals surface area contributed by atoms with Crippen molar-refractivity contribution in [2.24, 2.45) is 0 Å². The van der Waals surface area contributed by atoms with Crippen LogP contribution in [0, 0.1) is 0 Å². The first-order chi connectivity index (χ1) is 18.0. The number of hydrogen-bond acceptors (Lipinski definition) is 1. The Labute approximate surface area is 171 Å². The van der Waals surface area contributed by atoms with E-state index in [-0.39, 0.29) is 5.56 Å². The molecule has 0 amide bonds. The van der Waals surface area contributed by atoms with Crippen molar-refractivity contribution in [3.8, 4) is 0 Å². The van der Waals surface area contributed by atoms with Crippen molar-refractivity contribution >= 4 is 10.8 Å². The maximum atomic E-state index is 13.1. The van der Waals surface area contributed by atoms with E-state index in [1.807, 2.05) is 5.32 Å². The Bertz CT molecular complexity index is 1460. The van der Waals surface area contributed by atoms with Gasteiger partial charge in [0.2, 0.25) is 0 Å². The van der Waals surface area contributed by atoms with E-state index in [1.165, 1.54) is 0 Å². The van der Waals surface area contributed by atoms with Crippen LogP contribution in [-0.4, -0.2) is 6.50 Å². The third-order valence-corrected chi connectivity index (χ3v) is 3.48. The van der Waals surface area contributed by atoms with Crippen molar-refractivity contribution in [3.05, 3.63) is 83.3 Å². The lowest BCUT2D eigenvalue weighted by molar-refractivity contribution is -0.137. The number of fused-ring (bicyclic) bond motifs is 1. The number of rotatable bonds is 6. The van der Waals surface area contributed by atoms with E-state index < -0.39 is 103 Å². The van der Waals surface area contributed by atoms with Crippen LogP contribution in [-0.2, 0) is 12.6 Å². The summed E-state index contributed by atoms with van der Waals surface area (Å²) in [5.74, 6) is 0. The van der Waals surface area contributed by atoms with E-state index in [0.717, 1.165) is 18.2 Å². The molecule has 0 spiro atoms. The van der Waals surface area contributed by atoms with Gasteiger partial charge >= 0.3 is 6.18 Å². The van der Waals surface area contributed by atoms with Gasteiger partial charge in [-0.25, -0.2) is 0 Å². The molecule has 1 atom stereocenters. The van der Waals surface area contributed by atoms with Crippen LogP contribution in [0.25, 0.3) is 10.8 Å². The van der Waals surface area contributed by atoms with Crippen LogP contribution in [0.2, 0.25) is 0 Å². The number of hydrogen-bond donors (Lipinski definition) is 1. The van der Waals surface area contributed by atoms with Gasteiger partial charge in [-0.15, -0.1) is 0 Å². The second-order valence-corrected chi connectivity index (χ2v) is 5.29. The number of halogens is 3. The molecule has 3 rings (SSSR count). The molecule has 1 nitrogen and oxygen atoms in total. The minimum absolute atomic E-state index is 0.247. The minimum atomic E-state index is -4.75. The average molecular weight is 372 g/mol. The molecule has 0 unspecified atom stereocenters. The molecule has 0 aliphatic carbocycles. The molecule has 0 heterocycles. The molecule has 0 fully saturated rings. The Morgan fingerprint density at radius 1 is 1.15 bits per heavy atom. The van der Waals surface area contributed by atoms with Crippen molar-refractivity contribution in [1.82, 2.24) is 5.32 Å². The molecule has 3 aromatic rings. The highest BCUT2D eigenvalue weighted by Gasteiger charge is 2.30. The summed E-state index contributed by atoms with van der Waals surface area (Å²) in [4.78, 5) is 0. The fourth-order valence-corrected chi connectivity index (χ4v) is 2.25. The maximum absolute atomic E-state index is 13.1. The highest BCUT2D eigenvalue weighted by Crippen LogP contribution is 2.29. The summed E-state index contributed by atoms with van der Waals surface area (Å²) in [6, 6.07) is -4.75. The van der Waals surface area contributed by atoms with Gasteiger partial charge in [-0.1, -0.05) is 60.5 Å². The Hall–Kier alpha value is -2.33. The van der Waals surface area contributed by atoms with E-state index >= 15 is 0 Å². The molecule has 1 N–H and O–H groups in total. The molecule has 0 bridgehead atoms. The first-order valence-corrected chi connectivity index (χ1v) is 7.46. The molecule has 136 valence electrons. The Morgan fingerprint density at radius 2 is 1.96 bits per heavy atom. The van der Waals surface area contributed by atoms with Gasteiger partial charge in [-0.05, 0) is 54.1 Å². The van der Waals surface area contributed by atoms with Gasteiger partial charge in [0.25, 0.3) is 0 Å². The lowest BCUT2D eigenvalue weighted by Crippen LogP contribution is -2.20. The molecule has 3 aromatic carbocycles. The molecule has 4 heteroatoms. The van der Waals surface area contributed by atoms with Gasteiger partial charge in [-0.2, -0.15) is 13.2 Å². The Balaban J connectivity index is 2.22. The monoisotopic (exact) mass is 371 g/mol. The highest BCUT2D eigenvalue weighted by molar-refractivity contribution is 5.86. The molecule has 0 radical (unpaired) electrons. The van der Waals surface area contributed by atoms with E-state index in [2.05, 4.69) is 0 Å². The quantitative estimate of drug-likeness (QED) is 0.548. The second kappa shape index (κ2) is 7.92. The smallest absolute Gasteiger partial charge is 0.310 e. The van der Waals surface area contributed by atoms with E-state index in [1.54, 1.807) is 0 Å². The minimum Gasteiger partial charge on any atom is -0.310 e. The van der Waals surface area contributed by atoms with Gasteiger partial charge in [0.05, 0.1) is 15.2 Å². The van der Waals surface area contributed by atoms with Gasteiger partial charge in [0, 0.05) is 15.6 Å². The van der Waals surface area contributed by atoms with Crippen LogP contribution >= 0.6 is 0 Å². The average Bonchev–Trinajstić information content (AvgIpc) is 2.82. The van der Waals surface area contributed by atoms with Crippen LogP contribution in [0.5, 0.6) is 0 Å². The third-order valence-electron chi connectivity index (χ3n) is 3.48. The molecule has 0 saturated carbocycles. The van der Waals surface area contributed by atoms with Crippen LogP contribution < -0.4 is 5.32 Å². The van der Waals surface area contributed by atoms with Crippen LogP contribution in [0.4, 0.5) is 13.2 Å². The Kier molecular flexibility index (Phi) is 2.35. The zero-order chi connectivity index (χ0) is 30.7. The molecule has 0 aromatic heterocycles. The summed E-state index contributed by atoms with van der Waals surface area (Å²) >= 11 is 0. The lowest BCUT2D eigenvalue weighted by atomic mass is 9.99. The fraction of sp³-hybridized carbons (Fsp3) is 0.273. The predicted molar refractivity (Wildman–Crippen MR) is 100 cm³/mol. The van der Waals surface area contributed by atoms with Gasteiger partial charge in [-0.3, -0.25) is 0 Å². The van der Waals surface area contributed by atoms with Gasteiger partial charge in [0.15, 0.2) is 0 Å². The summed E-state index contributed by atoms with van der Waals surface area (Å²) in [6.07, 6.45) is -8.75. The van der Waals surface area contributed by atoms with E-state index in [9.17, 15) is 13.2 Å². The predicted octanol–water partition coefficient (Wildman–Crippen LogP) is 6.14. The van der Waals surface area contributed by atoms with E-state index in [4.69, 9.17) is 19.2 Å². The fourth-order valence-electron chi connectivity index (χ4n) is 2.25. The van der Waals surface area contributed by atoms with Crippen LogP contribution in [0.1, 0.15) is 55.1 Å². The Morgan fingerprint density at radius 3 is 2.77 bits per heavy atom.